The highest BCUT2D eigenvalue weighted by molar-refractivity contribution is 9.10. The van der Waals surface area contributed by atoms with Gasteiger partial charge in [0, 0.05) is 47.8 Å². The molecule has 32 heavy (non-hydrogen) atoms. The van der Waals surface area contributed by atoms with Gasteiger partial charge in [-0.15, -0.1) is 0 Å². The Morgan fingerprint density at radius 2 is 1.88 bits per heavy atom. The first-order valence-electron chi connectivity index (χ1n) is 10.1. The van der Waals surface area contributed by atoms with E-state index in [9.17, 15) is 14.9 Å². The molecule has 1 aliphatic heterocycles. The highest BCUT2D eigenvalue weighted by Crippen LogP contribution is 2.34. The van der Waals surface area contributed by atoms with Crippen molar-refractivity contribution in [1.29, 1.82) is 0 Å². The minimum Gasteiger partial charge on any atom is -0.492 e. The Kier molecular flexibility index (Phi) is 6.14. The summed E-state index contributed by atoms with van der Waals surface area (Å²) in [4.78, 5) is 25.6. The normalized spacial score (nSPS) is 15.0. The van der Waals surface area contributed by atoms with E-state index in [-0.39, 0.29) is 17.4 Å². The number of hydrogen-bond acceptors (Lipinski definition) is 6. The first-order chi connectivity index (χ1) is 15.3. The second kappa shape index (κ2) is 9.00. The van der Waals surface area contributed by atoms with Gasteiger partial charge in [0.15, 0.2) is 5.78 Å². The van der Waals surface area contributed by atoms with Crippen molar-refractivity contribution in [3.05, 3.63) is 86.4 Å². The lowest BCUT2D eigenvalue weighted by atomic mass is 9.89. The molecule has 8 heteroatoms. The van der Waals surface area contributed by atoms with Crippen molar-refractivity contribution in [2.24, 2.45) is 5.92 Å². The number of ether oxygens (including phenoxy) is 1. The summed E-state index contributed by atoms with van der Waals surface area (Å²) in [6, 6.07) is 17.8. The molecule has 1 heterocycles. The number of benzene rings is 3. The lowest BCUT2D eigenvalue weighted by Gasteiger charge is -2.26. The number of non-ortho nitro benzene ring substituents is 1. The molecule has 0 amide bonds. The van der Waals surface area contributed by atoms with Crippen LogP contribution in [-0.4, -0.2) is 31.4 Å². The third-order valence-electron chi connectivity index (χ3n) is 5.45. The average Bonchev–Trinajstić information content (AvgIpc) is 2.77. The zero-order chi connectivity index (χ0) is 22.8. The van der Waals surface area contributed by atoms with Crippen LogP contribution in [0.2, 0.25) is 0 Å². The van der Waals surface area contributed by atoms with Crippen molar-refractivity contribution in [2.45, 2.75) is 6.42 Å². The van der Waals surface area contributed by atoms with E-state index in [1.54, 1.807) is 24.3 Å². The summed E-state index contributed by atoms with van der Waals surface area (Å²) in [5.74, 6) is 0.367. The Morgan fingerprint density at radius 1 is 1.12 bits per heavy atom. The number of rotatable bonds is 6. The molecule has 7 nitrogen and oxygen atoms in total. The number of anilines is 3. The monoisotopic (exact) mass is 495 g/mol. The van der Waals surface area contributed by atoms with Gasteiger partial charge in [-0.2, -0.15) is 0 Å². The van der Waals surface area contributed by atoms with Gasteiger partial charge in [0.05, 0.1) is 23.0 Å². The molecule has 3 aromatic carbocycles. The molecule has 0 saturated carbocycles. The van der Waals surface area contributed by atoms with Crippen molar-refractivity contribution in [2.75, 3.05) is 30.9 Å². The minimum absolute atomic E-state index is 0.0348. The molecular weight excluding hydrogens is 474 g/mol. The first-order valence-corrected chi connectivity index (χ1v) is 10.9. The number of fused-ring (bicyclic) bond motifs is 1. The van der Waals surface area contributed by atoms with E-state index in [1.165, 1.54) is 12.1 Å². The Bertz CT molecular complexity index is 1180. The molecule has 0 fully saturated rings. The fourth-order valence-corrected chi connectivity index (χ4v) is 4.04. The highest BCUT2D eigenvalue weighted by atomic mass is 79.9. The van der Waals surface area contributed by atoms with Gasteiger partial charge in [-0.05, 0) is 54.4 Å². The van der Waals surface area contributed by atoms with E-state index in [2.05, 4.69) is 21.2 Å². The topological polar surface area (TPSA) is 84.7 Å². The largest absolute Gasteiger partial charge is 0.492 e. The number of nitrogens with one attached hydrogen (secondary N) is 1. The van der Waals surface area contributed by atoms with Crippen LogP contribution in [0, 0.1) is 16.0 Å². The van der Waals surface area contributed by atoms with E-state index in [4.69, 9.17) is 4.74 Å². The molecule has 0 spiro atoms. The predicted octanol–water partition coefficient (Wildman–Crippen LogP) is 5.60. The minimum atomic E-state index is -0.424. The van der Waals surface area contributed by atoms with Crippen molar-refractivity contribution in [3.63, 3.8) is 0 Å². The number of hydrogen-bond donors (Lipinski definition) is 1. The third kappa shape index (κ3) is 4.60. The Morgan fingerprint density at radius 3 is 2.56 bits per heavy atom. The zero-order valence-electron chi connectivity index (χ0n) is 17.7. The number of ketones is 1. The van der Waals surface area contributed by atoms with Crippen LogP contribution in [0.4, 0.5) is 22.7 Å². The molecule has 0 saturated heterocycles. The lowest BCUT2D eigenvalue weighted by Crippen LogP contribution is -2.29. The van der Waals surface area contributed by atoms with Gasteiger partial charge in [-0.3, -0.25) is 14.9 Å². The molecule has 4 rings (SSSR count). The SMILES string of the molecule is CN(C)c1ccc(CC2COc3ccc(Br)cc3C2=O)c(Nc2ccc([N+](=O)[O-])cc2)c1. The fourth-order valence-electron chi connectivity index (χ4n) is 3.68. The molecule has 1 aliphatic rings. The molecule has 0 aliphatic carbocycles. The van der Waals surface area contributed by atoms with E-state index < -0.39 is 4.92 Å². The molecule has 1 N–H and O–H groups in total. The Hall–Kier alpha value is -3.39. The summed E-state index contributed by atoms with van der Waals surface area (Å²) in [5, 5.41) is 14.3. The molecule has 0 radical (unpaired) electrons. The van der Waals surface area contributed by atoms with Crippen LogP contribution < -0.4 is 15.0 Å². The van der Waals surface area contributed by atoms with Crippen molar-refractivity contribution in [3.8, 4) is 5.75 Å². The van der Waals surface area contributed by atoms with E-state index in [1.807, 2.05) is 43.3 Å². The van der Waals surface area contributed by atoms with Crippen LogP contribution in [-0.2, 0) is 6.42 Å². The van der Waals surface area contributed by atoms with Crippen LogP contribution in [0.3, 0.4) is 0 Å². The standard InChI is InChI=1S/C24H22BrN3O4/c1-27(2)20-7-3-15(22(13-20)26-18-5-8-19(9-6-18)28(30)31)11-16-14-32-23-10-4-17(25)12-21(23)24(16)29/h3-10,12-13,16,26H,11,14H2,1-2H3. The van der Waals surface area contributed by atoms with E-state index in [0.717, 1.165) is 27.1 Å². The molecular formula is C24H22BrN3O4. The van der Waals surface area contributed by atoms with Crippen LogP contribution >= 0.6 is 15.9 Å². The Labute approximate surface area is 194 Å². The van der Waals surface area contributed by atoms with Gasteiger partial charge in [-0.25, -0.2) is 0 Å². The Balaban J connectivity index is 1.62. The van der Waals surface area contributed by atoms with Gasteiger partial charge in [-0.1, -0.05) is 22.0 Å². The lowest BCUT2D eigenvalue weighted by molar-refractivity contribution is -0.384. The number of halogens is 1. The summed E-state index contributed by atoms with van der Waals surface area (Å²) in [7, 11) is 3.91. The quantitative estimate of drug-likeness (QED) is 0.353. The summed E-state index contributed by atoms with van der Waals surface area (Å²) in [5.41, 5.74) is 4.16. The van der Waals surface area contributed by atoms with Crippen molar-refractivity contribution in [1.82, 2.24) is 0 Å². The van der Waals surface area contributed by atoms with Crippen LogP contribution in [0.15, 0.2) is 65.1 Å². The molecule has 3 aromatic rings. The molecule has 0 bridgehead atoms. The van der Waals surface area contributed by atoms with E-state index in [0.29, 0.717) is 24.3 Å². The van der Waals surface area contributed by atoms with Crippen LogP contribution in [0.1, 0.15) is 15.9 Å². The zero-order valence-corrected chi connectivity index (χ0v) is 19.3. The van der Waals surface area contributed by atoms with Gasteiger partial charge >= 0.3 is 0 Å². The number of carbonyl (C=O) groups is 1. The summed E-state index contributed by atoms with van der Waals surface area (Å²) in [6.45, 7) is 0.319. The average molecular weight is 496 g/mol. The second-order valence-corrected chi connectivity index (χ2v) is 8.80. The van der Waals surface area contributed by atoms with E-state index >= 15 is 0 Å². The second-order valence-electron chi connectivity index (χ2n) is 7.88. The van der Waals surface area contributed by atoms with Crippen molar-refractivity contribution < 1.29 is 14.5 Å². The first kappa shape index (κ1) is 21.8. The van der Waals surface area contributed by atoms with Crippen molar-refractivity contribution >= 4 is 44.5 Å². The number of nitro benzene ring substituents is 1. The number of nitrogens with zero attached hydrogens (tertiary/aromatic N) is 2. The molecule has 1 atom stereocenters. The summed E-state index contributed by atoms with van der Waals surface area (Å²) >= 11 is 3.42. The smallest absolute Gasteiger partial charge is 0.269 e. The van der Waals surface area contributed by atoms with Gasteiger partial charge < -0.3 is 15.0 Å². The fraction of sp³-hybridized carbons (Fsp3) is 0.208. The number of Topliss-reactive ketones (excluding diaryl/α,β-unsaturated/α-hetero) is 1. The molecule has 1 unspecified atom stereocenters. The maximum Gasteiger partial charge on any atom is 0.269 e. The molecule has 164 valence electrons. The number of carbonyl (C=O) groups excluding carboxylic acids is 1. The highest BCUT2D eigenvalue weighted by Gasteiger charge is 2.30. The van der Waals surface area contributed by atoms with Gasteiger partial charge in [0.1, 0.15) is 5.75 Å². The summed E-state index contributed by atoms with van der Waals surface area (Å²) < 4.78 is 6.69. The third-order valence-corrected chi connectivity index (χ3v) is 5.94. The van der Waals surface area contributed by atoms with Gasteiger partial charge in [0.2, 0.25) is 0 Å². The molecule has 0 aromatic heterocycles. The maximum atomic E-state index is 13.1. The maximum absolute atomic E-state index is 13.1. The number of nitro groups is 1. The predicted molar refractivity (Wildman–Crippen MR) is 128 cm³/mol. The van der Waals surface area contributed by atoms with Crippen LogP contribution in [0.25, 0.3) is 0 Å². The van der Waals surface area contributed by atoms with Crippen LogP contribution in [0.5, 0.6) is 5.75 Å². The summed E-state index contributed by atoms with van der Waals surface area (Å²) in [6.07, 6.45) is 0.508. The van der Waals surface area contributed by atoms with Gasteiger partial charge in [0.25, 0.3) is 5.69 Å².